The van der Waals surface area contributed by atoms with Gasteiger partial charge in [0.15, 0.2) is 5.96 Å². The largest absolute Gasteiger partial charge is 0.469 e. The average Bonchev–Trinajstić information content (AvgIpc) is 3.14. The molecule has 108 valence electrons. The van der Waals surface area contributed by atoms with Crippen LogP contribution in [-0.2, 0) is 6.42 Å². The minimum Gasteiger partial charge on any atom is -0.469 e. The van der Waals surface area contributed by atoms with E-state index in [0.29, 0.717) is 5.92 Å². The molecule has 2 heterocycles. The third kappa shape index (κ3) is 4.42. The van der Waals surface area contributed by atoms with Crippen LogP contribution in [0.15, 0.2) is 44.6 Å². The van der Waals surface area contributed by atoms with E-state index in [9.17, 15) is 0 Å². The average molecular weight is 291 g/mol. The van der Waals surface area contributed by atoms with Crippen molar-refractivity contribution in [1.29, 1.82) is 0 Å². The van der Waals surface area contributed by atoms with Gasteiger partial charge in [0, 0.05) is 26.6 Å². The van der Waals surface area contributed by atoms with Crippen LogP contribution >= 0.6 is 11.3 Å². The van der Waals surface area contributed by atoms with Crippen LogP contribution in [0.5, 0.6) is 0 Å². The van der Waals surface area contributed by atoms with Gasteiger partial charge < -0.3 is 15.1 Å². The molecule has 2 N–H and O–H groups in total. The summed E-state index contributed by atoms with van der Waals surface area (Å²) >= 11 is 1.74. The summed E-state index contributed by atoms with van der Waals surface area (Å²) in [7, 11) is 1.79. The lowest BCUT2D eigenvalue weighted by Crippen LogP contribution is -2.39. The van der Waals surface area contributed by atoms with E-state index in [1.54, 1.807) is 24.6 Å². The Bertz CT molecular complexity index is 505. The number of nitrogens with one attached hydrogen (secondary N) is 2. The zero-order valence-corrected chi connectivity index (χ0v) is 12.7. The SMILES string of the molecule is CN=C(NCCc1ccco1)NCC(C)c1ccsc1. The molecule has 1 unspecified atom stereocenters. The van der Waals surface area contributed by atoms with Crippen LogP contribution in [0, 0.1) is 0 Å². The lowest BCUT2D eigenvalue weighted by Gasteiger charge is -2.15. The molecule has 0 fully saturated rings. The van der Waals surface area contributed by atoms with E-state index in [1.807, 2.05) is 12.1 Å². The van der Waals surface area contributed by atoms with Crippen molar-refractivity contribution in [2.45, 2.75) is 19.3 Å². The number of rotatable bonds is 6. The van der Waals surface area contributed by atoms with Crippen molar-refractivity contribution in [1.82, 2.24) is 10.6 Å². The van der Waals surface area contributed by atoms with E-state index in [0.717, 1.165) is 31.2 Å². The van der Waals surface area contributed by atoms with Crippen molar-refractivity contribution in [3.63, 3.8) is 0 Å². The number of guanidine groups is 1. The predicted molar refractivity (Wildman–Crippen MR) is 84.5 cm³/mol. The van der Waals surface area contributed by atoms with Crippen LogP contribution in [0.3, 0.4) is 0 Å². The fourth-order valence-electron chi connectivity index (χ4n) is 1.90. The maximum absolute atomic E-state index is 5.30. The van der Waals surface area contributed by atoms with Crippen LogP contribution in [0.25, 0.3) is 0 Å². The molecule has 0 spiro atoms. The Balaban J connectivity index is 1.70. The molecule has 0 aliphatic rings. The molecule has 1 atom stereocenters. The normalized spacial score (nSPS) is 13.2. The Labute approximate surface area is 123 Å². The second-order valence-electron chi connectivity index (χ2n) is 4.67. The van der Waals surface area contributed by atoms with Crippen molar-refractivity contribution in [3.05, 3.63) is 46.5 Å². The number of hydrogen-bond donors (Lipinski definition) is 2. The van der Waals surface area contributed by atoms with E-state index < -0.39 is 0 Å². The Kier molecular flexibility index (Phi) is 5.68. The first kappa shape index (κ1) is 14.7. The summed E-state index contributed by atoms with van der Waals surface area (Å²) in [6.45, 7) is 3.89. The first-order valence-corrected chi connectivity index (χ1v) is 7.73. The molecule has 2 rings (SSSR count). The van der Waals surface area contributed by atoms with Gasteiger partial charge in [-0.25, -0.2) is 0 Å². The molecule has 0 saturated carbocycles. The second-order valence-corrected chi connectivity index (χ2v) is 5.45. The van der Waals surface area contributed by atoms with Gasteiger partial charge in [-0.1, -0.05) is 6.92 Å². The fraction of sp³-hybridized carbons (Fsp3) is 0.400. The molecule has 20 heavy (non-hydrogen) atoms. The quantitative estimate of drug-likeness (QED) is 0.635. The van der Waals surface area contributed by atoms with Crippen LogP contribution < -0.4 is 10.6 Å². The van der Waals surface area contributed by atoms with Gasteiger partial charge in [0.05, 0.1) is 6.26 Å². The Morgan fingerprint density at radius 1 is 1.40 bits per heavy atom. The molecule has 0 aliphatic heterocycles. The van der Waals surface area contributed by atoms with Gasteiger partial charge >= 0.3 is 0 Å². The van der Waals surface area contributed by atoms with E-state index >= 15 is 0 Å². The van der Waals surface area contributed by atoms with Crippen LogP contribution in [0.1, 0.15) is 24.2 Å². The molecule has 0 amide bonds. The summed E-state index contributed by atoms with van der Waals surface area (Å²) < 4.78 is 5.30. The standard InChI is InChI=1S/C15H21N3OS/c1-12(13-6-9-20-11-13)10-18-15(16-2)17-7-5-14-4-3-8-19-14/h3-4,6,8-9,11-12H,5,7,10H2,1-2H3,(H2,16,17,18). The molecule has 0 aromatic carbocycles. The van der Waals surface area contributed by atoms with Gasteiger partial charge in [-0.05, 0) is 40.4 Å². The van der Waals surface area contributed by atoms with E-state index in [2.05, 4.69) is 39.4 Å². The smallest absolute Gasteiger partial charge is 0.191 e. The zero-order valence-electron chi connectivity index (χ0n) is 11.9. The summed E-state index contributed by atoms with van der Waals surface area (Å²) in [5.74, 6) is 2.29. The van der Waals surface area contributed by atoms with Gasteiger partial charge in [0.1, 0.15) is 5.76 Å². The Hall–Kier alpha value is -1.75. The Morgan fingerprint density at radius 2 is 2.30 bits per heavy atom. The molecule has 2 aromatic rings. The van der Waals surface area contributed by atoms with Gasteiger partial charge in [0.2, 0.25) is 0 Å². The number of furan rings is 1. The fourth-order valence-corrected chi connectivity index (χ4v) is 2.68. The van der Waals surface area contributed by atoms with E-state index in [-0.39, 0.29) is 0 Å². The van der Waals surface area contributed by atoms with Crippen molar-refractivity contribution >= 4 is 17.3 Å². The summed E-state index contributed by atoms with van der Waals surface area (Å²) in [6.07, 6.45) is 2.55. The van der Waals surface area contributed by atoms with Gasteiger partial charge in [-0.2, -0.15) is 11.3 Å². The molecule has 0 saturated heterocycles. The zero-order chi connectivity index (χ0) is 14.2. The summed E-state index contributed by atoms with van der Waals surface area (Å²) in [5.41, 5.74) is 1.37. The maximum Gasteiger partial charge on any atom is 0.191 e. The Morgan fingerprint density at radius 3 is 2.95 bits per heavy atom. The van der Waals surface area contributed by atoms with Gasteiger partial charge in [-0.3, -0.25) is 4.99 Å². The lowest BCUT2D eigenvalue weighted by atomic mass is 10.1. The second kappa shape index (κ2) is 7.75. The monoisotopic (exact) mass is 291 g/mol. The van der Waals surface area contributed by atoms with Crippen molar-refractivity contribution in [3.8, 4) is 0 Å². The van der Waals surface area contributed by atoms with E-state index in [4.69, 9.17) is 4.42 Å². The van der Waals surface area contributed by atoms with Gasteiger partial charge in [-0.15, -0.1) is 0 Å². The van der Waals surface area contributed by atoms with Crippen LogP contribution in [0.4, 0.5) is 0 Å². The number of nitrogens with zero attached hydrogens (tertiary/aromatic N) is 1. The minimum atomic E-state index is 0.477. The van der Waals surface area contributed by atoms with Crippen molar-refractivity contribution in [2.24, 2.45) is 4.99 Å². The lowest BCUT2D eigenvalue weighted by molar-refractivity contribution is 0.506. The third-order valence-corrected chi connectivity index (χ3v) is 3.86. The molecule has 5 heteroatoms. The highest BCUT2D eigenvalue weighted by Crippen LogP contribution is 2.16. The highest BCUT2D eigenvalue weighted by atomic mass is 32.1. The molecule has 2 aromatic heterocycles. The maximum atomic E-state index is 5.30. The first-order valence-electron chi connectivity index (χ1n) is 6.78. The van der Waals surface area contributed by atoms with Crippen molar-refractivity contribution in [2.75, 3.05) is 20.1 Å². The molecular formula is C15H21N3OS. The molecule has 0 radical (unpaired) electrons. The highest BCUT2D eigenvalue weighted by Gasteiger charge is 2.06. The molecule has 0 bridgehead atoms. The predicted octanol–water partition coefficient (Wildman–Crippen LogP) is 2.85. The molecule has 4 nitrogen and oxygen atoms in total. The topological polar surface area (TPSA) is 49.6 Å². The number of thiophene rings is 1. The summed E-state index contributed by atoms with van der Waals surface area (Å²) in [4.78, 5) is 4.23. The van der Waals surface area contributed by atoms with Crippen LogP contribution in [0.2, 0.25) is 0 Å². The van der Waals surface area contributed by atoms with Gasteiger partial charge in [0.25, 0.3) is 0 Å². The first-order chi connectivity index (χ1) is 9.79. The summed E-state index contributed by atoms with van der Waals surface area (Å²) in [6, 6.07) is 6.06. The minimum absolute atomic E-state index is 0.477. The van der Waals surface area contributed by atoms with Crippen molar-refractivity contribution < 1.29 is 4.42 Å². The van der Waals surface area contributed by atoms with Crippen LogP contribution in [-0.4, -0.2) is 26.1 Å². The molecular weight excluding hydrogens is 270 g/mol. The highest BCUT2D eigenvalue weighted by molar-refractivity contribution is 7.07. The third-order valence-electron chi connectivity index (χ3n) is 3.16. The summed E-state index contributed by atoms with van der Waals surface area (Å²) in [5, 5.41) is 10.9. The molecule has 0 aliphatic carbocycles. The number of aliphatic imine (C=N–C) groups is 1. The van der Waals surface area contributed by atoms with E-state index in [1.165, 1.54) is 5.56 Å². The number of hydrogen-bond acceptors (Lipinski definition) is 3.